The van der Waals surface area contributed by atoms with E-state index in [4.69, 9.17) is 28.0 Å². The zero-order valence-electron chi connectivity index (χ0n) is 3.88. The fourth-order valence-corrected chi connectivity index (χ4v) is 0. The van der Waals surface area contributed by atoms with Gasteiger partial charge in [-0.25, -0.2) is 0 Å². The molecule has 0 spiro atoms. The molecule has 0 saturated carbocycles. The Hall–Kier alpha value is 1.37. The standard InChI is InChI=1S/Au.3ClO2/c;3*2-1-3/q+3;3*-1. The maximum atomic E-state index is 8.24. The van der Waals surface area contributed by atoms with Crippen molar-refractivity contribution in [3.63, 3.8) is 0 Å². The molecule has 0 atom stereocenters. The van der Waals surface area contributed by atoms with Gasteiger partial charge in [0.1, 0.15) is 0 Å². The van der Waals surface area contributed by atoms with Crippen LogP contribution in [0.4, 0.5) is 0 Å². The van der Waals surface area contributed by atoms with Gasteiger partial charge in [0.2, 0.25) is 0 Å². The van der Waals surface area contributed by atoms with E-state index in [0.29, 0.717) is 0 Å². The summed E-state index contributed by atoms with van der Waals surface area (Å²) in [6.07, 6.45) is 0. The molecule has 10 heteroatoms. The van der Waals surface area contributed by atoms with E-state index in [0.717, 1.165) is 0 Å². The van der Waals surface area contributed by atoms with Crippen LogP contribution in [0, 0.1) is 34.0 Å². The van der Waals surface area contributed by atoms with Gasteiger partial charge >= 0.3 is 22.4 Å². The van der Waals surface area contributed by atoms with Crippen molar-refractivity contribution >= 4 is 0 Å². The molecule has 10 heavy (non-hydrogen) atoms. The molecule has 0 fully saturated rings. The molecular formula is AuCl3O6. The summed E-state index contributed by atoms with van der Waals surface area (Å²) >= 11 is -1.25. The Morgan fingerprint density at radius 2 is 0.500 bits per heavy atom. The first kappa shape index (κ1) is 22.5. The average Bonchev–Trinajstić information content (AvgIpc) is 1.70. The molecule has 0 N–H and O–H groups in total. The minimum absolute atomic E-state index is 0. The predicted octanol–water partition coefficient (Wildman–Crippen LogP) is -7.14. The first-order valence-electron chi connectivity index (χ1n) is 0.926. The third-order valence-electron chi connectivity index (χ3n) is 0. The zero-order valence-corrected chi connectivity index (χ0v) is 8.32. The summed E-state index contributed by atoms with van der Waals surface area (Å²) in [6, 6.07) is 0. The summed E-state index contributed by atoms with van der Waals surface area (Å²) < 4.78 is 49.4. The fourth-order valence-electron chi connectivity index (χ4n) is 0. The van der Waals surface area contributed by atoms with Gasteiger partial charge in [-0.1, -0.05) is 0 Å². The van der Waals surface area contributed by atoms with E-state index >= 15 is 0 Å². The summed E-state index contributed by atoms with van der Waals surface area (Å²) in [6.45, 7) is 0. The number of hydrogen-bond acceptors (Lipinski definition) is 6. The van der Waals surface area contributed by atoms with Crippen LogP contribution in [0.15, 0.2) is 0 Å². The van der Waals surface area contributed by atoms with Gasteiger partial charge in [0.15, 0.2) is 0 Å². The fraction of sp³-hybridized carbons (Fsp3) is 0. The summed E-state index contributed by atoms with van der Waals surface area (Å²) in [5.41, 5.74) is 0. The van der Waals surface area contributed by atoms with E-state index in [2.05, 4.69) is 0 Å². The molecule has 0 amide bonds. The molecule has 0 aliphatic carbocycles. The van der Waals surface area contributed by atoms with Crippen LogP contribution in [0.25, 0.3) is 0 Å². The molecule has 0 aromatic carbocycles. The van der Waals surface area contributed by atoms with Crippen molar-refractivity contribution in [2.75, 3.05) is 0 Å². The summed E-state index contributed by atoms with van der Waals surface area (Å²) in [5, 5.41) is 0. The largest absolute Gasteiger partial charge is 3.00 e. The van der Waals surface area contributed by atoms with E-state index in [1.165, 1.54) is 0 Å². The Bertz CT molecular complexity index is 17.7. The molecule has 0 saturated heterocycles. The van der Waals surface area contributed by atoms with Gasteiger partial charge in [-0.15, -0.1) is 0 Å². The van der Waals surface area contributed by atoms with Crippen molar-refractivity contribution in [1.29, 1.82) is 0 Å². The summed E-state index contributed by atoms with van der Waals surface area (Å²) in [7, 11) is 0. The van der Waals surface area contributed by atoms with Crippen molar-refractivity contribution in [3.8, 4) is 0 Å². The van der Waals surface area contributed by atoms with E-state index < -0.39 is 34.0 Å². The Balaban J connectivity index is -0.0000000257. The second-order valence-electron chi connectivity index (χ2n) is 0.189. The van der Waals surface area contributed by atoms with Gasteiger partial charge in [0.05, 0.1) is 34.0 Å². The number of hydrogen-bond donors (Lipinski definition) is 0. The molecule has 0 heterocycles. The Kier molecular flexibility index (Phi) is 107. The van der Waals surface area contributed by atoms with Crippen LogP contribution in [0.1, 0.15) is 0 Å². The van der Waals surface area contributed by atoms with E-state index in [1.807, 2.05) is 0 Å². The third-order valence-corrected chi connectivity index (χ3v) is 0. The molecule has 6 nitrogen and oxygen atoms in total. The van der Waals surface area contributed by atoms with Crippen LogP contribution in [-0.4, -0.2) is 0 Å². The second-order valence-corrected chi connectivity index (χ2v) is 0.567. The van der Waals surface area contributed by atoms with E-state index in [9.17, 15) is 0 Å². The first-order valence-corrected chi connectivity index (χ1v) is 2.78. The molecule has 0 radical (unpaired) electrons. The van der Waals surface area contributed by atoms with Gasteiger partial charge in [0, 0.05) is 0 Å². The molecule has 0 aliphatic rings. The molecule has 0 bridgehead atoms. The van der Waals surface area contributed by atoms with Crippen molar-refractivity contribution in [3.05, 3.63) is 0 Å². The van der Waals surface area contributed by atoms with Gasteiger partial charge in [-0.05, 0) is 0 Å². The van der Waals surface area contributed by atoms with E-state index in [-0.39, 0.29) is 22.4 Å². The van der Waals surface area contributed by atoms with Crippen molar-refractivity contribution in [2.24, 2.45) is 0 Å². The van der Waals surface area contributed by atoms with Crippen LogP contribution >= 0.6 is 0 Å². The monoisotopic (exact) mass is 398 g/mol. The second kappa shape index (κ2) is 47.7. The van der Waals surface area contributed by atoms with Crippen molar-refractivity contribution < 1.29 is 84.3 Å². The predicted molar refractivity (Wildman–Crippen MR) is 0 cm³/mol. The van der Waals surface area contributed by atoms with Crippen LogP contribution < -0.4 is 28.0 Å². The smallest absolute Gasteiger partial charge is 0.544 e. The molecular weight excluding hydrogens is 399 g/mol. The zero-order chi connectivity index (χ0) is 8.12. The molecule has 68 valence electrons. The first-order chi connectivity index (χ1) is 4.24. The minimum atomic E-state index is -0.417. The molecule has 0 aliphatic heterocycles. The molecule has 0 unspecified atom stereocenters. The van der Waals surface area contributed by atoms with Gasteiger partial charge < -0.3 is 28.0 Å². The Labute approximate surface area is 84.2 Å². The molecule has 0 aromatic heterocycles. The van der Waals surface area contributed by atoms with Crippen LogP contribution in [0.2, 0.25) is 0 Å². The summed E-state index contributed by atoms with van der Waals surface area (Å²) in [5.74, 6) is 0. The number of halogens is 3. The summed E-state index contributed by atoms with van der Waals surface area (Å²) in [4.78, 5) is 0. The van der Waals surface area contributed by atoms with Crippen LogP contribution in [-0.2, 0) is 22.4 Å². The minimum Gasteiger partial charge on any atom is -0.544 e. The Morgan fingerprint density at radius 3 is 0.500 bits per heavy atom. The maximum Gasteiger partial charge on any atom is 3.00 e. The number of rotatable bonds is 0. The van der Waals surface area contributed by atoms with Crippen molar-refractivity contribution in [1.82, 2.24) is 0 Å². The normalized spacial score (nSPS) is 5.40. The third kappa shape index (κ3) is 350. The van der Waals surface area contributed by atoms with Crippen LogP contribution in [0.5, 0.6) is 0 Å². The van der Waals surface area contributed by atoms with E-state index in [1.54, 1.807) is 0 Å². The Morgan fingerprint density at radius 1 is 0.500 bits per heavy atom. The maximum absolute atomic E-state index is 8.24. The topological polar surface area (TPSA) is 138 Å². The quantitative estimate of drug-likeness (QED) is 0.371. The molecule has 0 rings (SSSR count). The van der Waals surface area contributed by atoms with Gasteiger partial charge in [0.25, 0.3) is 0 Å². The van der Waals surface area contributed by atoms with Gasteiger partial charge in [-0.2, -0.15) is 0 Å². The SMILES string of the molecule is [Au+3].[O-][Cl+][O-].[O-][Cl+][O-].[O-][Cl+][O-]. The van der Waals surface area contributed by atoms with Gasteiger partial charge in [-0.3, -0.25) is 0 Å². The average molecular weight is 399 g/mol. The van der Waals surface area contributed by atoms with Crippen LogP contribution in [0.3, 0.4) is 0 Å². The molecule has 0 aromatic rings. The van der Waals surface area contributed by atoms with Crippen molar-refractivity contribution in [2.45, 2.75) is 0 Å².